The van der Waals surface area contributed by atoms with Crippen molar-refractivity contribution in [3.05, 3.63) is 32.7 Å². The van der Waals surface area contributed by atoms with Crippen LogP contribution in [0.3, 0.4) is 0 Å². The molecule has 0 aliphatic heterocycles. The molecular formula is C14H16Br2ClNO. The van der Waals surface area contributed by atoms with Gasteiger partial charge in [-0.25, -0.2) is 0 Å². The van der Waals surface area contributed by atoms with Crippen molar-refractivity contribution in [3.8, 4) is 0 Å². The van der Waals surface area contributed by atoms with Crippen molar-refractivity contribution in [2.75, 3.05) is 5.88 Å². The lowest BCUT2D eigenvalue weighted by Gasteiger charge is -2.36. The molecule has 2 nitrogen and oxygen atoms in total. The zero-order valence-electron chi connectivity index (χ0n) is 10.5. The van der Waals surface area contributed by atoms with Crippen LogP contribution >= 0.6 is 43.5 Å². The van der Waals surface area contributed by atoms with E-state index in [0.29, 0.717) is 11.4 Å². The van der Waals surface area contributed by atoms with Gasteiger partial charge in [-0.3, -0.25) is 4.79 Å². The highest BCUT2D eigenvalue weighted by molar-refractivity contribution is 9.11. The van der Waals surface area contributed by atoms with E-state index in [4.69, 9.17) is 11.6 Å². The molecular weight excluding hydrogens is 393 g/mol. The second-order valence-electron chi connectivity index (χ2n) is 5.05. The molecule has 1 aromatic rings. The summed E-state index contributed by atoms with van der Waals surface area (Å²) in [7, 11) is 0. The summed E-state index contributed by atoms with van der Waals surface area (Å²) in [6.07, 6.45) is 5.44. The summed E-state index contributed by atoms with van der Waals surface area (Å²) in [4.78, 5) is 12.4. The number of carbonyl (C=O) groups is 1. The topological polar surface area (TPSA) is 29.1 Å². The van der Waals surface area contributed by atoms with E-state index < -0.39 is 0 Å². The molecule has 0 spiro atoms. The Hall–Kier alpha value is -0.0600. The molecule has 0 unspecified atom stereocenters. The fraction of sp³-hybridized carbons (Fsp3) is 0.500. The van der Waals surface area contributed by atoms with Gasteiger partial charge in [0.1, 0.15) is 0 Å². The van der Waals surface area contributed by atoms with Gasteiger partial charge < -0.3 is 5.32 Å². The molecule has 1 aromatic carbocycles. The molecule has 0 atom stereocenters. The van der Waals surface area contributed by atoms with E-state index in [1.165, 1.54) is 6.42 Å². The van der Waals surface area contributed by atoms with E-state index in [9.17, 15) is 4.79 Å². The smallest absolute Gasteiger partial charge is 0.252 e. The predicted octanol–water partition coefficient (Wildman–Crippen LogP) is 4.88. The first-order valence-corrected chi connectivity index (χ1v) is 8.52. The average molecular weight is 410 g/mol. The Morgan fingerprint density at radius 2 is 1.95 bits per heavy atom. The summed E-state index contributed by atoms with van der Waals surface area (Å²) < 4.78 is 1.74. The van der Waals surface area contributed by atoms with Crippen LogP contribution in [0.5, 0.6) is 0 Å². The molecule has 19 heavy (non-hydrogen) atoms. The minimum atomic E-state index is -0.233. The Morgan fingerprint density at radius 3 is 2.53 bits per heavy atom. The Morgan fingerprint density at radius 1 is 1.26 bits per heavy atom. The summed E-state index contributed by atoms with van der Waals surface area (Å²) >= 11 is 12.9. The van der Waals surface area contributed by atoms with E-state index in [0.717, 1.165) is 34.6 Å². The van der Waals surface area contributed by atoms with Gasteiger partial charge in [-0.1, -0.05) is 35.2 Å². The largest absolute Gasteiger partial charge is 0.345 e. The lowest BCUT2D eigenvalue weighted by Crippen LogP contribution is -2.51. The van der Waals surface area contributed by atoms with Gasteiger partial charge in [0.2, 0.25) is 0 Å². The van der Waals surface area contributed by atoms with E-state index >= 15 is 0 Å². The van der Waals surface area contributed by atoms with Crippen LogP contribution in [0.25, 0.3) is 0 Å². The summed E-state index contributed by atoms with van der Waals surface area (Å²) in [6.45, 7) is 0. The monoisotopic (exact) mass is 407 g/mol. The van der Waals surface area contributed by atoms with Crippen LogP contribution in [0.1, 0.15) is 42.5 Å². The van der Waals surface area contributed by atoms with Crippen molar-refractivity contribution in [1.29, 1.82) is 0 Å². The lowest BCUT2D eigenvalue weighted by atomic mass is 9.83. The molecule has 1 saturated carbocycles. The molecule has 1 amide bonds. The van der Waals surface area contributed by atoms with Gasteiger partial charge >= 0.3 is 0 Å². The van der Waals surface area contributed by atoms with Crippen molar-refractivity contribution < 1.29 is 4.79 Å². The van der Waals surface area contributed by atoms with E-state index in [1.54, 1.807) is 0 Å². The molecule has 1 aliphatic carbocycles. The predicted molar refractivity (Wildman–Crippen MR) is 85.8 cm³/mol. The van der Waals surface area contributed by atoms with Gasteiger partial charge in [-0.05, 0) is 47.0 Å². The van der Waals surface area contributed by atoms with Gasteiger partial charge in [-0.15, -0.1) is 11.6 Å². The maximum absolute atomic E-state index is 12.4. The first kappa shape index (κ1) is 15.3. The van der Waals surface area contributed by atoms with Crippen molar-refractivity contribution in [2.45, 2.75) is 37.6 Å². The first-order chi connectivity index (χ1) is 9.06. The van der Waals surface area contributed by atoms with Crippen LogP contribution in [0.4, 0.5) is 0 Å². The summed E-state index contributed by atoms with van der Waals surface area (Å²) in [5.74, 6) is 0.425. The third-order valence-electron chi connectivity index (χ3n) is 3.62. The molecule has 0 saturated heterocycles. The van der Waals surface area contributed by atoms with E-state index in [2.05, 4.69) is 37.2 Å². The molecule has 1 aliphatic rings. The number of carbonyl (C=O) groups excluding carboxylic acids is 1. The molecule has 104 valence electrons. The van der Waals surface area contributed by atoms with E-state index in [1.807, 2.05) is 18.2 Å². The number of amides is 1. The number of alkyl halides is 1. The molecule has 0 aromatic heterocycles. The molecule has 1 fully saturated rings. The minimum absolute atomic E-state index is 0.0538. The van der Waals surface area contributed by atoms with Crippen LogP contribution < -0.4 is 5.32 Å². The molecule has 0 radical (unpaired) electrons. The first-order valence-electron chi connectivity index (χ1n) is 6.40. The normalized spacial score (nSPS) is 18.1. The highest BCUT2D eigenvalue weighted by atomic mass is 79.9. The maximum atomic E-state index is 12.4. The SMILES string of the molecule is O=C(NC1(CCl)CCCCC1)c1ccc(Br)cc1Br. The fourth-order valence-corrected chi connectivity index (χ4v) is 4.06. The Balaban J connectivity index is 2.15. The Kier molecular flexibility index (Phi) is 5.32. The summed E-state index contributed by atoms with van der Waals surface area (Å²) in [5, 5.41) is 3.14. The van der Waals surface area contributed by atoms with Gasteiger partial charge in [0.05, 0.1) is 11.1 Å². The molecule has 0 bridgehead atoms. The van der Waals surface area contributed by atoms with Crippen LogP contribution in [0.15, 0.2) is 27.1 Å². The summed E-state index contributed by atoms with van der Waals surface area (Å²) in [5.41, 5.74) is 0.418. The lowest BCUT2D eigenvalue weighted by molar-refractivity contribution is 0.0884. The summed E-state index contributed by atoms with van der Waals surface area (Å²) in [6, 6.07) is 5.56. The molecule has 5 heteroatoms. The molecule has 0 heterocycles. The Bertz CT molecular complexity index is 473. The maximum Gasteiger partial charge on any atom is 0.252 e. The molecule has 1 N–H and O–H groups in total. The number of halogens is 3. The van der Waals surface area contributed by atoms with Crippen LogP contribution in [0.2, 0.25) is 0 Å². The zero-order chi connectivity index (χ0) is 13.9. The zero-order valence-corrected chi connectivity index (χ0v) is 14.4. The number of benzene rings is 1. The second kappa shape index (κ2) is 6.59. The standard InChI is InChI=1S/C14H16Br2ClNO/c15-10-4-5-11(12(16)8-10)13(19)18-14(9-17)6-2-1-3-7-14/h4-5,8H,1-3,6-7,9H2,(H,18,19). The van der Waals surface area contributed by atoms with Crippen molar-refractivity contribution in [3.63, 3.8) is 0 Å². The van der Waals surface area contributed by atoms with Crippen LogP contribution in [-0.2, 0) is 0 Å². The van der Waals surface area contributed by atoms with Gasteiger partial charge in [-0.2, -0.15) is 0 Å². The number of rotatable bonds is 3. The third-order valence-corrected chi connectivity index (χ3v) is 5.28. The minimum Gasteiger partial charge on any atom is -0.345 e. The van der Waals surface area contributed by atoms with E-state index in [-0.39, 0.29) is 11.4 Å². The quantitative estimate of drug-likeness (QED) is 0.708. The average Bonchev–Trinajstić information content (AvgIpc) is 2.39. The van der Waals surface area contributed by atoms with Gasteiger partial charge in [0.25, 0.3) is 5.91 Å². The van der Waals surface area contributed by atoms with Crippen molar-refractivity contribution in [2.24, 2.45) is 0 Å². The highest BCUT2D eigenvalue weighted by Crippen LogP contribution is 2.30. The van der Waals surface area contributed by atoms with Crippen molar-refractivity contribution >= 4 is 49.4 Å². The van der Waals surface area contributed by atoms with Crippen LogP contribution in [-0.4, -0.2) is 17.3 Å². The number of nitrogens with one attached hydrogen (secondary N) is 1. The second-order valence-corrected chi connectivity index (χ2v) is 7.09. The Labute approximate surface area is 135 Å². The van der Waals surface area contributed by atoms with Crippen molar-refractivity contribution in [1.82, 2.24) is 5.32 Å². The third kappa shape index (κ3) is 3.73. The number of hydrogen-bond acceptors (Lipinski definition) is 1. The van der Waals surface area contributed by atoms with Gasteiger partial charge in [0, 0.05) is 14.8 Å². The fourth-order valence-electron chi connectivity index (χ4n) is 2.50. The highest BCUT2D eigenvalue weighted by Gasteiger charge is 2.33. The number of hydrogen-bond donors (Lipinski definition) is 1. The van der Waals surface area contributed by atoms with Crippen LogP contribution in [0, 0.1) is 0 Å². The molecule has 2 rings (SSSR count). The van der Waals surface area contributed by atoms with Gasteiger partial charge in [0.15, 0.2) is 0 Å².